The number of anilines is 1. The average molecular weight is 422 g/mol. The van der Waals surface area contributed by atoms with Crippen LogP contribution in [0.15, 0.2) is 60.7 Å². The van der Waals surface area contributed by atoms with E-state index < -0.39 is 0 Å². The van der Waals surface area contributed by atoms with Crippen LogP contribution >= 0.6 is 0 Å². The number of hydrogen-bond donors (Lipinski definition) is 0. The highest BCUT2D eigenvalue weighted by Gasteiger charge is 2.32. The van der Waals surface area contributed by atoms with Gasteiger partial charge in [0.25, 0.3) is 0 Å². The van der Waals surface area contributed by atoms with E-state index in [2.05, 4.69) is 11.0 Å². The Kier molecular flexibility index (Phi) is 6.31. The fourth-order valence-corrected chi connectivity index (χ4v) is 4.25. The van der Waals surface area contributed by atoms with Gasteiger partial charge >= 0.3 is 0 Å². The molecule has 0 aromatic heterocycles. The van der Waals surface area contributed by atoms with E-state index in [1.165, 1.54) is 6.07 Å². The predicted octanol–water partition coefficient (Wildman–Crippen LogP) is 5.78. The fraction of sp³-hybridized carbons (Fsp3) is 0.308. The fourth-order valence-electron chi connectivity index (χ4n) is 4.25. The number of hydrogen-bond acceptors (Lipinski definition) is 4. The van der Waals surface area contributed by atoms with Gasteiger partial charge in [-0.2, -0.15) is 0 Å². The van der Waals surface area contributed by atoms with Crippen molar-refractivity contribution < 1.29 is 18.6 Å². The van der Waals surface area contributed by atoms with Crippen molar-refractivity contribution in [3.63, 3.8) is 0 Å². The van der Waals surface area contributed by atoms with Gasteiger partial charge in [-0.3, -0.25) is 0 Å². The van der Waals surface area contributed by atoms with Gasteiger partial charge in [-0.05, 0) is 73.9 Å². The summed E-state index contributed by atoms with van der Waals surface area (Å²) in [6.07, 6.45) is 0.832. The molecule has 0 radical (unpaired) electrons. The molecular formula is C26H28FNO3. The third kappa shape index (κ3) is 4.18. The van der Waals surface area contributed by atoms with Crippen molar-refractivity contribution in [3.8, 4) is 17.2 Å². The lowest BCUT2D eigenvalue weighted by Crippen LogP contribution is -2.36. The zero-order valence-corrected chi connectivity index (χ0v) is 18.2. The van der Waals surface area contributed by atoms with Crippen LogP contribution in [0.25, 0.3) is 0 Å². The van der Waals surface area contributed by atoms with Crippen LogP contribution in [0.2, 0.25) is 0 Å². The van der Waals surface area contributed by atoms with Gasteiger partial charge in [0.05, 0.1) is 26.4 Å². The molecule has 31 heavy (non-hydrogen) atoms. The summed E-state index contributed by atoms with van der Waals surface area (Å²) in [7, 11) is 1.65. The largest absolute Gasteiger partial charge is 0.497 e. The van der Waals surface area contributed by atoms with E-state index in [-0.39, 0.29) is 11.9 Å². The molecule has 5 heteroatoms. The molecule has 4 rings (SSSR count). The standard InChI is InChI=1S/C26H28FNO3/c1-4-30-24-16-18-14-15-28(19-10-12-20(29-3)13-11-19)26(21-8-6-7-9-23(21)27)22(18)17-25(24)31-5-2/h6-13,16-17,26H,4-5,14-15H2,1-3H3. The Morgan fingerprint density at radius 1 is 0.903 bits per heavy atom. The normalized spacial score (nSPS) is 15.4. The molecule has 0 spiro atoms. The maximum Gasteiger partial charge on any atom is 0.161 e. The van der Waals surface area contributed by atoms with Crippen molar-refractivity contribution >= 4 is 5.69 Å². The summed E-state index contributed by atoms with van der Waals surface area (Å²) in [5.41, 5.74) is 3.86. The maximum absolute atomic E-state index is 15.0. The van der Waals surface area contributed by atoms with E-state index in [1.807, 2.05) is 56.3 Å². The second kappa shape index (κ2) is 9.29. The summed E-state index contributed by atoms with van der Waals surface area (Å²) >= 11 is 0. The zero-order valence-electron chi connectivity index (χ0n) is 18.2. The Bertz CT molecular complexity index is 1040. The Morgan fingerprint density at radius 3 is 2.23 bits per heavy atom. The van der Waals surface area contributed by atoms with Gasteiger partial charge in [-0.1, -0.05) is 18.2 Å². The van der Waals surface area contributed by atoms with Crippen LogP contribution in [0.5, 0.6) is 17.2 Å². The Hall–Kier alpha value is -3.21. The quantitative estimate of drug-likeness (QED) is 0.484. The number of ether oxygens (including phenoxy) is 3. The van der Waals surface area contributed by atoms with Gasteiger partial charge in [-0.15, -0.1) is 0 Å². The second-order valence-electron chi connectivity index (χ2n) is 7.43. The van der Waals surface area contributed by atoms with Crippen LogP contribution in [-0.4, -0.2) is 26.9 Å². The van der Waals surface area contributed by atoms with Crippen LogP contribution in [0, 0.1) is 5.82 Å². The number of halogens is 1. The maximum atomic E-state index is 15.0. The number of rotatable bonds is 7. The Labute approximate surface area is 183 Å². The first-order chi connectivity index (χ1) is 15.2. The van der Waals surface area contributed by atoms with Crippen molar-refractivity contribution in [2.24, 2.45) is 0 Å². The SMILES string of the molecule is CCOc1cc2c(cc1OCC)C(c1ccccc1F)N(c1ccc(OC)cc1)CC2. The van der Waals surface area contributed by atoms with Crippen molar-refractivity contribution in [2.45, 2.75) is 26.3 Å². The molecule has 0 N–H and O–H groups in total. The molecular weight excluding hydrogens is 393 g/mol. The van der Waals surface area contributed by atoms with Gasteiger partial charge in [0.15, 0.2) is 11.5 Å². The second-order valence-corrected chi connectivity index (χ2v) is 7.43. The van der Waals surface area contributed by atoms with Crippen LogP contribution in [-0.2, 0) is 6.42 Å². The van der Waals surface area contributed by atoms with Gasteiger partial charge in [0, 0.05) is 17.8 Å². The summed E-state index contributed by atoms with van der Waals surface area (Å²) in [5.74, 6) is 2.02. The first kappa shape index (κ1) is 21.0. The monoisotopic (exact) mass is 421 g/mol. The molecule has 1 heterocycles. The van der Waals surface area contributed by atoms with Crippen LogP contribution in [0.1, 0.15) is 36.6 Å². The van der Waals surface area contributed by atoms with Gasteiger partial charge in [-0.25, -0.2) is 4.39 Å². The van der Waals surface area contributed by atoms with Crippen LogP contribution < -0.4 is 19.1 Å². The summed E-state index contributed by atoms with van der Waals surface area (Å²) in [5, 5.41) is 0. The zero-order chi connectivity index (χ0) is 21.8. The topological polar surface area (TPSA) is 30.9 Å². The van der Waals surface area contributed by atoms with Crippen molar-refractivity contribution in [1.29, 1.82) is 0 Å². The highest BCUT2D eigenvalue weighted by atomic mass is 19.1. The minimum atomic E-state index is -0.270. The Morgan fingerprint density at radius 2 is 1.58 bits per heavy atom. The molecule has 3 aromatic carbocycles. The first-order valence-corrected chi connectivity index (χ1v) is 10.7. The predicted molar refractivity (Wildman–Crippen MR) is 121 cm³/mol. The van der Waals surface area contributed by atoms with Crippen LogP contribution in [0.4, 0.5) is 10.1 Å². The molecule has 1 atom stereocenters. The number of fused-ring (bicyclic) bond motifs is 1. The van der Waals surface area contributed by atoms with E-state index in [4.69, 9.17) is 14.2 Å². The number of methoxy groups -OCH3 is 1. The van der Waals surface area contributed by atoms with E-state index in [0.717, 1.165) is 41.3 Å². The van der Waals surface area contributed by atoms with Gasteiger partial charge in [0.1, 0.15) is 11.6 Å². The minimum absolute atomic E-state index is 0.217. The lowest BCUT2D eigenvalue weighted by molar-refractivity contribution is 0.286. The summed E-state index contributed by atoms with van der Waals surface area (Å²) < 4.78 is 32.1. The minimum Gasteiger partial charge on any atom is -0.497 e. The summed E-state index contributed by atoms with van der Waals surface area (Å²) in [4.78, 5) is 2.25. The van der Waals surface area contributed by atoms with Crippen molar-refractivity contribution in [1.82, 2.24) is 0 Å². The number of nitrogens with zero attached hydrogens (tertiary/aromatic N) is 1. The molecule has 0 amide bonds. The molecule has 0 bridgehead atoms. The molecule has 1 aliphatic heterocycles. The molecule has 4 nitrogen and oxygen atoms in total. The average Bonchev–Trinajstić information content (AvgIpc) is 2.80. The Balaban J connectivity index is 1.86. The van der Waals surface area contributed by atoms with E-state index >= 15 is 4.39 Å². The number of benzene rings is 3. The molecule has 0 saturated heterocycles. The van der Waals surface area contributed by atoms with Crippen molar-refractivity contribution in [2.75, 3.05) is 31.8 Å². The molecule has 0 aliphatic carbocycles. The molecule has 0 saturated carbocycles. The molecule has 1 unspecified atom stereocenters. The van der Waals surface area contributed by atoms with Crippen molar-refractivity contribution in [3.05, 3.63) is 83.2 Å². The molecule has 1 aliphatic rings. The first-order valence-electron chi connectivity index (χ1n) is 10.7. The lowest BCUT2D eigenvalue weighted by atomic mass is 9.87. The highest BCUT2D eigenvalue weighted by Crippen LogP contribution is 2.43. The van der Waals surface area contributed by atoms with E-state index in [9.17, 15) is 0 Å². The molecule has 162 valence electrons. The van der Waals surface area contributed by atoms with E-state index in [1.54, 1.807) is 13.2 Å². The van der Waals surface area contributed by atoms with Gasteiger partial charge in [0.2, 0.25) is 0 Å². The third-order valence-electron chi connectivity index (χ3n) is 5.64. The smallest absolute Gasteiger partial charge is 0.161 e. The summed E-state index contributed by atoms with van der Waals surface area (Å²) in [6.45, 7) is 5.77. The highest BCUT2D eigenvalue weighted by molar-refractivity contribution is 5.60. The van der Waals surface area contributed by atoms with Gasteiger partial charge < -0.3 is 19.1 Å². The molecule has 3 aromatic rings. The molecule has 0 fully saturated rings. The summed E-state index contributed by atoms with van der Waals surface area (Å²) in [6, 6.07) is 18.7. The lowest BCUT2D eigenvalue weighted by Gasteiger charge is -2.40. The van der Waals surface area contributed by atoms with E-state index in [0.29, 0.717) is 24.5 Å². The van der Waals surface area contributed by atoms with Crippen LogP contribution in [0.3, 0.4) is 0 Å². The third-order valence-corrected chi connectivity index (χ3v) is 5.64.